The van der Waals surface area contributed by atoms with Gasteiger partial charge in [-0.15, -0.1) is 0 Å². The van der Waals surface area contributed by atoms with Gasteiger partial charge in [0.1, 0.15) is 5.52 Å². The van der Waals surface area contributed by atoms with Gasteiger partial charge in [0.15, 0.2) is 5.89 Å². The van der Waals surface area contributed by atoms with E-state index < -0.39 is 0 Å². The van der Waals surface area contributed by atoms with E-state index in [2.05, 4.69) is 23.8 Å². The Hall–Kier alpha value is -1.42. The van der Waals surface area contributed by atoms with Crippen molar-refractivity contribution in [2.75, 3.05) is 0 Å². The van der Waals surface area contributed by atoms with Crippen molar-refractivity contribution in [3.63, 3.8) is 0 Å². The molecule has 0 unspecified atom stereocenters. The minimum Gasteiger partial charge on any atom is -0.422 e. The van der Waals surface area contributed by atoms with Crippen LogP contribution >= 0.6 is 0 Å². The lowest BCUT2D eigenvalue weighted by atomic mass is 10.1. The Morgan fingerprint density at radius 2 is 2.27 bits per heavy atom. The van der Waals surface area contributed by atoms with Crippen LogP contribution in [0.25, 0.3) is 11.2 Å². The average molecular weight is 205 g/mol. The number of oxazole rings is 1. The maximum atomic E-state index is 5.53. The lowest BCUT2D eigenvalue weighted by Gasteiger charge is -1.96. The van der Waals surface area contributed by atoms with Crippen molar-refractivity contribution in [2.24, 2.45) is 11.7 Å². The van der Waals surface area contributed by atoms with Gasteiger partial charge in [0, 0.05) is 19.2 Å². The first-order chi connectivity index (χ1) is 7.19. The van der Waals surface area contributed by atoms with E-state index in [1.54, 1.807) is 6.20 Å². The SMILES string of the molecule is CC(C)Cc1nc2cc(CN)cnc2o1. The maximum absolute atomic E-state index is 5.53. The Kier molecular flexibility index (Phi) is 2.68. The summed E-state index contributed by atoms with van der Waals surface area (Å²) < 4.78 is 5.52. The molecule has 0 aromatic carbocycles. The average Bonchev–Trinajstić information content (AvgIpc) is 2.57. The fraction of sp³-hybridized carbons (Fsp3) is 0.455. The lowest BCUT2D eigenvalue weighted by Crippen LogP contribution is -1.96. The zero-order chi connectivity index (χ0) is 10.8. The minimum atomic E-state index is 0.481. The Labute approximate surface area is 88.5 Å². The van der Waals surface area contributed by atoms with Gasteiger partial charge in [0.2, 0.25) is 5.71 Å². The first kappa shape index (κ1) is 10.1. The normalized spacial score (nSPS) is 11.5. The van der Waals surface area contributed by atoms with Crippen LogP contribution in [0.15, 0.2) is 16.7 Å². The summed E-state index contributed by atoms with van der Waals surface area (Å²) in [4.78, 5) is 8.55. The quantitative estimate of drug-likeness (QED) is 0.830. The molecule has 2 rings (SSSR count). The van der Waals surface area contributed by atoms with Gasteiger partial charge in [-0.1, -0.05) is 13.8 Å². The maximum Gasteiger partial charge on any atom is 0.246 e. The number of pyridine rings is 1. The van der Waals surface area contributed by atoms with Crippen molar-refractivity contribution < 1.29 is 4.42 Å². The van der Waals surface area contributed by atoms with E-state index in [1.807, 2.05) is 6.07 Å². The van der Waals surface area contributed by atoms with Crippen LogP contribution in [-0.2, 0) is 13.0 Å². The summed E-state index contributed by atoms with van der Waals surface area (Å²) in [6.45, 7) is 4.75. The fourth-order valence-electron chi connectivity index (χ4n) is 1.46. The zero-order valence-corrected chi connectivity index (χ0v) is 9.03. The van der Waals surface area contributed by atoms with Crippen molar-refractivity contribution in [1.82, 2.24) is 9.97 Å². The van der Waals surface area contributed by atoms with Crippen LogP contribution in [0.5, 0.6) is 0 Å². The molecule has 0 spiro atoms. The van der Waals surface area contributed by atoms with E-state index in [-0.39, 0.29) is 0 Å². The third-order valence-corrected chi connectivity index (χ3v) is 2.17. The summed E-state index contributed by atoms with van der Waals surface area (Å²) in [6.07, 6.45) is 2.57. The number of nitrogens with zero attached hydrogens (tertiary/aromatic N) is 2. The van der Waals surface area contributed by atoms with Crippen LogP contribution in [-0.4, -0.2) is 9.97 Å². The summed E-state index contributed by atoms with van der Waals surface area (Å²) in [5.74, 6) is 1.29. The molecule has 0 fully saturated rings. The van der Waals surface area contributed by atoms with Gasteiger partial charge in [0.25, 0.3) is 0 Å². The molecule has 2 aromatic heterocycles. The highest BCUT2D eigenvalue weighted by Gasteiger charge is 2.08. The highest BCUT2D eigenvalue weighted by atomic mass is 16.4. The van der Waals surface area contributed by atoms with Crippen LogP contribution in [0.2, 0.25) is 0 Å². The molecule has 0 aliphatic carbocycles. The predicted molar refractivity (Wildman–Crippen MR) is 58.2 cm³/mol. The molecule has 0 aliphatic heterocycles. The second kappa shape index (κ2) is 3.98. The molecule has 15 heavy (non-hydrogen) atoms. The summed E-state index contributed by atoms with van der Waals surface area (Å²) in [5.41, 5.74) is 7.91. The molecule has 2 N–H and O–H groups in total. The standard InChI is InChI=1S/C11H15N3O/c1-7(2)3-10-14-9-4-8(5-12)6-13-11(9)15-10/h4,6-7H,3,5,12H2,1-2H3. The van der Waals surface area contributed by atoms with E-state index in [1.165, 1.54) is 0 Å². The van der Waals surface area contributed by atoms with Gasteiger partial charge in [-0.3, -0.25) is 0 Å². The van der Waals surface area contributed by atoms with E-state index in [4.69, 9.17) is 10.2 Å². The van der Waals surface area contributed by atoms with Gasteiger partial charge in [-0.05, 0) is 17.5 Å². The minimum absolute atomic E-state index is 0.481. The number of nitrogens with two attached hydrogens (primary N) is 1. The van der Waals surface area contributed by atoms with Crippen molar-refractivity contribution in [1.29, 1.82) is 0 Å². The Morgan fingerprint density at radius 3 is 2.93 bits per heavy atom. The van der Waals surface area contributed by atoms with Crippen molar-refractivity contribution in [2.45, 2.75) is 26.8 Å². The van der Waals surface area contributed by atoms with Crippen LogP contribution in [0.4, 0.5) is 0 Å². The first-order valence-corrected chi connectivity index (χ1v) is 5.13. The smallest absolute Gasteiger partial charge is 0.246 e. The van der Waals surface area contributed by atoms with Crippen LogP contribution in [0.1, 0.15) is 25.3 Å². The van der Waals surface area contributed by atoms with Crippen molar-refractivity contribution in [3.8, 4) is 0 Å². The molecule has 0 atom stereocenters. The molecule has 0 saturated carbocycles. The third-order valence-electron chi connectivity index (χ3n) is 2.17. The van der Waals surface area contributed by atoms with Crippen LogP contribution < -0.4 is 5.73 Å². The largest absolute Gasteiger partial charge is 0.422 e. The summed E-state index contributed by atoms with van der Waals surface area (Å²) in [5, 5.41) is 0. The molecule has 80 valence electrons. The second-order valence-corrected chi connectivity index (χ2v) is 4.08. The molecule has 0 amide bonds. The lowest BCUT2D eigenvalue weighted by molar-refractivity contribution is 0.477. The molecule has 4 nitrogen and oxygen atoms in total. The highest BCUT2D eigenvalue weighted by molar-refractivity contribution is 5.68. The Morgan fingerprint density at radius 1 is 1.47 bits per heavy atom. The van der Waals surface area contributed by atoms with Gasteiger partial charge in [-0.25, -0.2) is 9.97 Å². The molecule has 0 aliphatic rings. The Bertz CT molecular complexity index is 462. The number of hydrogen-bond acceptors (Lipinski definition) is 4. The number of hydrogen-bond donors (Lipinski definition) is 1. The number of aromatic nitrogens is 2. The van der Waals surface area contributed by atoms with Gasteiger partial charge >= 0.3 is 0 Å². The second-order valence-electron chi connectivity index (χ2n) is 4.08. The van der Waals surface area contributed by atoms with Crippen molar-refractivity contribution >= 4 is 11.2 Å². The zero-order valence-electron chi connectivity index (χ0n) is 9.03. The molecular formula is C11H15N3O. The summed E-state index contributed by atoms with van der Waals surface area (Å²) in [6, 6.07) is 1.93. The molecule has 4 heteroatoms. The molecule has 0 bridgehead atoms. The highest BCUT2D eigenvalue weighted by Crippen LogP contribution is 2.16. The molecule has 2 heterocycles. The number of fused-ring (bicyclic) bond motifs is 1. The number of rotatable bonds is 3. The fourth-order valence-corrected chi connectivity index (χ4v) is 1.46. The Balaban J connectivity index is 2.37. The van der Waals surface area contributed by atoms with Gasteiger partial charge in [0.05, 0.1) is 0 Å². The van der Waals surface area contributed by atoms with Crippen LogP contribution in [0.3, 0.4) is 0 Å². The van der Waals surface area contributed by atoms with Crippen molar-refractivity contribution in [3.05, 3.63) is 23.7 Å². The molecule has 0 radical (unpaired) electrons. The topological polar surface area (TPSA) is 64.9 Å². The third kappa shape index (κ3) is 2.15. The van der Waals surface area contributed by atoms with E-state index in [9.17, 15) is 0 Å². The molecule has 2 aromatic rings. The van der Waals surface area contributed by atoms with E-state index in [0.717, 1.165) is 23.4 Å². The summed E-state index contributed by atoms with van der Waals surface area (Å²) >= 11 is 0. The van der Waals surface area contributed by atoms with E-state index >= 15 is 0 Å². The first-order valence-electron chi connectivity index (χ1n) is 5.13. The predicted octanol–water partition coefficient (Wildman–Crippen LogP) is 1.88. The van der Waals surface area contributed by atoms with Gasteiger partial charge in [-0.2, -0.15) is 0 Å². The molecule has 0 saturated heterocycles. The van der Waals surface area contributed by atoms with Crippen LogP contribution in [0, 0.1) is 5.92 Å². The molecular weight excluding hydrogens is 190 g/mol. The van der Waals surface area contributed by atoms with E-state index in [0.29, 0.717) is 18.2 Å². The monoisotopic (exact) mass is 205 g/mol. The van der Waals surface area contributed by atoms with Gasteiger partial charge < -0.3 is 10.2 Å². The summed E-state index contributed by atoms with van der Waals surface area (Å²) in [7, 11) is 0.